The van der Waals surface area contributed by atoms with Crippen LogP contribution in [0.3, 0.4) is 0 Å². The lowest BCUT2D eigenvalue weighted by Gasteiger charge is -2.28. The number of hydrogen-bond donors (Lipinski definition) is 2. The Morgan fingerprint density at radius 2 is 1.90 bits per heavy atom. The largest absolute Gasteiger partial charge is 0.481 e. The molecule has 0 aromatic heterocycles. The van der Waals surface area contributed by atoms with Crippen LogP contribution in [0.25, 0.3) is 0 Å². The number of methoxy groups -OCH3 is 1. The summed E-state index contributed by atoms with van der Waals surface area (Å²) < 4.78 is 5.00. The van der Waals surface area contributed by atoms with E-state index in [1.165, 1.54) is 7.11 Å². The van der Waals surface area contributed by atoms with Crippen LogP contribution in [0.2, 0.25) is 0 Å². The summed E-state index contributed by atoms with van der Waals surface area (Å²) in [7, 11) is 1.47. The van der Waals surface area contributed by atoms with Gasteiger partial charge < -0.3 is 15.2 Å². The summed E-state index contributed by atoms with van der Waals surface area (Å²) >= 11 is 0. The predicted octanol–water partition coefficient (Wildman–Crippen LogP) is 1.86. The lowest BCUT2D eigenvalue weighted by molar-refractivity contribution is -0.139. The van der Waals surface area contributed by atoms with Gasteiger partial charge in [0.05, 0.1) is 18.6 Å². The Bertz CT molecular complexity index is 469. The molecule has 0 aliphatic heterocycles. The minimum atomic E-state index is -0.980. The fourth-order valence-electron chi connectivity index (χ4n) is 2.02. The van der Waals surface area contributed by atoms with Crippen molar-refractivity contribution in [1.29, 1.82) is 0 Å². The molecule has 1 amide bonds. The van der Waals surface area contributed by atoms with E-state index in [1.54, 1.807) is 19.1 Å². The predicted molar refractivity (Wildman–Crippen MR) is 75.8 cm³/mol. The number of nitrogens with one attached hydrogen (secondary N) is 1. The summed E-state index contributed by atoms with van der Waals surface area (Å²) in [5.41, 5.74) is 0.725. The van der Waals surface area contributed by atoms with Crippen LogP contribution in [0, 0.1) is 0 Å². The van der Waals surface area contributed by atoms with E-state index in [2.05, 4.69) is 5.32 Å². The third-order valence-corrected chi connectivity index (χ3v) is 3.04. The Hall–Kier alpha value is -1.88. The van der Waals surface area contributed by atoms with Gasteiger partial charge in [-0.25, -0.2) is 0 Å². The number of carboxylic acids is 1. The van der Waals surface area contributed by atoms with Crippen LogP contribution < -0.4 is 5.32 Å². The van der Waals surface area contributed by atoms with Crippen LogP contribution >= 0.6 is 0 Å². The second-order valence-electron chi connectivity index (χ2n) is 5.07. The van der Waals surface area contributed by atoms with Crippen molar-refractivity contribution in [2.24, 2.45) is 0 Å². The first kappa shape index (κ1) is 16.2. The minimum absolute atomic E-state index is 0.137. The van der Waals surface area contributed by atoms with Crippen LogP contribution in [-0.4, -0.2) is 36.2 Å². The topological polar surface area (TPSA) is 75.6 Å². The molecule has 0 fully saturated rings. The summed E-state index contributed by atoms with van der Waals surface area (Å²) in [5, 5.41) is 11.7. The lowest BCUT2D eigenvalue weighted by Crippen LogP contribution is -2.50. The highest BCUT2D eigenvalue weighted by atomic mass is 16.5. The van der Waals surface area contributed by atoms with Gasteiger partial charge in [-0.1, -0.05) is 19.1 Å². The Labute approximate surface area is 118 Å². The van der Waals surface area contributed by atoms with Crippen LogP contribution in [0.15, 0.2) is 24.3 Å². The maximum atomic E-state index is 12.2. The highest BCUT2D eigenvalue weighted by Gasteiger charge is 2.29. The fourth-order valence-corrected chi connectivity index (χ4v) is 2.02. The summed E-state index contributed by atoms with van der Waals surface area (Å²) in [6, 6.07) is 7.25. The van der Waals surface area contributed by atoms with E-state index in [-0.39, 0.29) is 18.9 Å². The van der Waals surface area contributed by atoms with Crippen molar-refractivity contribution in [3.63, 3.8) is 0 Å². The standard InChI is InChI=1S/C15H21NO4/c1-4-11-5-7-12(8-6-11)14(19)16-15(2,10-20-3)9-13(17)18/h5-8H,4,9-10H2,1-3H3,(H,16,19)(H,17,18). The average Bonchev–Trinajstić information content (AvgIpc) is 2.37. The fraction of sp³-hybridized carbons (Fsp3) is 0.467. The number of benzene rings is 1. The second kappa shape index (κ2) is 7.05. The molecule has 2 N–H and O–H groups in total. The Balaban J connectivity index is 2.81. The van der Waals surface area contributed by atoms with Gasteiger partial charge in [0.2, 0.25) is 0 Å². The van der Waals surface area contributed by atoms with Crippen molar-refractivity contribution in [2.45, 2.75) is 32.2 Å². The Morgan fingerprint density at radius 3 is 2.35 bits per heavy atom. The monoisotopic (exact) mass is 279 g/mol. The van der Waals surface area contributed by atoms with Gasteiger partial charge in [-0.15, -0.1) is 0 Å². The van der Waals surface area contributed by atoms with Gasteiger partial charge in [-0.05, 0) is 31.0 Å². The van der Waals surface area contributed by atoms with Crippen LogP contribution in [0.5, 0.6) is 0 Å². The molecule has 5 heteroatoms. The van der Waals surface area contributed by atoms with E-state index in [0.29, 0.717) is 5.56 Å². The molecule has 0 heterocycles. The van der Waals surface area contributed by atoms with Gasteiger partial charge in [0.1, 0.15) is 0 Å². The number of hydrogen-bond acceptors (Lipinski definition) is 3. The molecule has 1 unspecified atom stereocenters. The van der Waals surface area contributed by atoms with Gasteiger partial charge >= 0.3 is 5.97 Å². The van der Waals surface area contributed by atoms with E-state index >= 15 is 0 Å². The summed E-state index contributed by atoms with van der Waals surface area (Å²) in [6.07, 6.45) is 0.710. The van der Waals surface area contributed by atoms with Crippen molar-refractivity contribution >= 4 is 11.9 Å². The van der Waals surface area contributed by atoms with Crippen LogP contribution in [0.4, 0.5) is 0 Å². The molecule has 0 aliphatic rings. The summed E-state index contributed by atoms with van der Waals surface area (Å²) in [5.74, 6) is -1.28. The molecule has 5 nitrogen and oxygen atoms in total. The van der Waals surface area contributed by atoms with E-state index in [0.717, 1.165) is 12.0 Å². The van der Waals surface area contributed by atoms with Crippen LogP contribution in [-0.2, 0) is 16.0 Å². The normalized spacial score (nSPS) is 13.6. The maximum Gasteiger partial charge on any atom is 0.305 e. The molecule has 20 heavy (non-hydrogen) atoms. The lowest BCUT2D eigenvalue weighted by atomic mass is 9.98. The SMILES string of the molecule is CCc1ccc(C(=O)NC(C)(COC)CC(=O)O)cc1. The number of carbonyl (C=O) groups excluding carboxylic acids is 1. The molecule has 0 bridgehead atoms. The number of aliphatic carboxylic acids is 1. The van der Waals surface area contributed by atoms with E-state index in [9.17, 15) is 9.59 Å². The van der Waals surface area contributed by atoms with Crippen molar-refractivity contribution < 1.29 is 19.4 Å². The van der Waals surface area contributed by atoms with E-state index in [4.69, 9.17) is 9.84 Å². The molecule has 0 radical (unpaired) electrons. The smallest absolute Gasteiger partial charge is 0.305 e. The van der Waals surface area contributed by atoms with Gasteiger partial charge in [0.25, 0.3) is 5.91 Å². The molecule has 1 aromatic carbocycles. The highest BCUT2D eigenvalue weighted by molar-refractivity contribution is 5.95. The zero-order chi connectivity index (χ0) is 15.2. The van der Waals surface area contributed by atoms with Gasteiger partial charge in [0.15, 0.2) is 0 Å². The Kier molecular flexibility index (Phi) is 5.70. The van der Waals surface area contributed by atoms with Crippen LogP contribution in [0.1, 0.15) is 36.2 Å². The Morgan fingerprint density at radius 1 is 1.30 bits per heavy atom. The number of amides is 1. The third kappa shape index (κ3) is 4.66. The molecular formula is C15H21NO4. The average molecular weight is 279 g/mol. The first-order chi connectivity index (χ1) is 9.40. The zero-order valence-corrected chi connectivity index (χ0v) is 12.1. The molecule has 0 aliphatic carbocycles. The molecule has 1 aromatic rings. The highest BCUT2D eigenvalue weighted by Crippen LogP contribution is 2.13. The minimum Gasteiger partial charge on any atom is -0.481 e. The van der Waals surface area contributed by atoms with Gasteiger partial charge in [-0.2, -0.15) is 0 Å². The number of ether oxygens (including phenoxy) is 1. The maximum absolute atomic E-state index is 12.2. The van der Waals surface area contributed by atoms with E-state index < -0.39 is 11.5 Å². The number of rotatable bonds is 7. The zero-order valence-electron chi connectivity index (χ0n) is 12.1. The van der Waals surface area contributed by atoms with E-state index in [1.807, 2.05) is 19.1 Å². The molecule has 1 atom stereocenters. The molecule has 110 valence electrons. The molecule has 0 saturated heterocycles. The van der Waals surface area contributed by atoms with Crippen molar-refractivity contribution in [1.82, 2.24) is 5.32 Å². The van der Waals surface area contributed by atoms with Gasteiger partial charge in [-0.3, -0.25) is 9.59 Å². The third-order valence-electron chi connectivity index (χ3n) is 3.04. The van der Waals surface area contributed by atoms with Gasteiger partial charge in [0, 0.05) is 12.7 Å². The number of carbonyl (C=O) groups is 2. The van der Waals surface area contributed by atoms with Crippen molar-refractivity contribution in [2.75, 3.05) is 13.7 Å². The molecule has 0 spiro atoms. The molecular weight excluding hydrogens is 258 g/mol. The first-order valence-electron chi connectivity index (χ1n) is 6.52. The molecule has 1 rings (SSSR count). The first-order valence-corrected chi connectivity index (χ1v) is 6.52. The summed E-state index contributed by atoms with van der Waals surface area (Å²) in [4.78, 5) is 23.0. The van der Waals surface area contributed by atoms with Crippen molar-refractivity contribution in [3.05, 3.63) is 35.4 Å². The second-order valence-corrected chi connectivity index (χ2v) is 5.07. The quantitative estimate of drug-likeness (QED) is 0.798. The van der Waals surface area contributed by atoms with Crippen molar-refractivity contribution in [3.8, 4) is 0 Å². The summed E-state index contributed by atoms with van der Waals surface area (Å²) in [6.45, 7) is 3.83. The number of aryl methyl sites for hydroxylation is 1. The number of carboxylic acid groups (broad SMARTS) is 1. The molecule has 0 saturated carbocycles.